The first-order chi connectivity index (χ1) is 23.4. The van der Waals surface area contributed by atoms with Gasteiger partial charge in [-0.2, -0.15) is 5.10 Å². The minimum atomic E-state index is -0.360. The van der Waals surface area contributed by atoms with Crippen LogP contribution in [0.25, 0.3) is 34.5 Å². The van der Waals surface area contributed by atoms with Gasteiger partial charge in [-0.05, 0) is 84.4 Å². The number of allylic oxidation sites excluding steroid dienone is 1. The van der Waals surface area contributed by atoms with E-state index in [9.17, 15) is 14.0 Å². The number of aromatic nitrogens is 4. The van der Waals surface area contributed by atoms with Gasteiger partial charge in [0.05, 0.1) is 31.2 Å². The van der Waals surface area contributed by atoms with Gasteiger partial charge >= 0.3 is 0 Å². The Labute approximate surface area is 279 Å². The molecule has 6 aromatic rings. The summed E-state index contributed by atoms with van der Waals surface area (Å²) in [5.74, 6) is 0.532. The molecular formula is C36H28FN5O5S. The highest BCUT2D eigenvalue weighted by atomic mass is 32.2. The number of halogens is 1. The molecule has 0 bridgehead atoms. The van der Waals surface area contributed by atoms with Crippen molar-refractivity contribution >= 4 is 35.2 Å². The molecule has 2 heterocycles. The summed E-state index contributed by atoms with van der Waals surface area (Å²) in [7, 11) is 3.11. The first-order valence-electron chi connectivity index (χ1n) is 14.6. The second-order valence-corrected chi connectivity index (χ2v) is 11.2. The molecule has 0 saturated carbocycles. The van der Waals surface area contributed by atoms with E-state index in [0.29, 0.717) is 39.6 Å². The van der Waals surface area contributed by atoms with E-state index in [0.717, 1.165) is 23.0 Å². The van der Waals surface area contributed by atoms with Crippen LogP contribution in [0.3, 0.4) is 0 Å². The maximum absolute atomic E-state index is 13.6. The van der Waals surface area contributed by atoms with E-state index in [1.54, 1.807) is 79.7 Å². The Kier molecular flexibility index (Phi) is 9.72. The van der Waals surface area contributed by atoms with E-state index in [4.69, 9.17) is 19.0 Å². The zero-order valence-corrected chi connectivity index (χ0v) is 26.6. The third kappa shape index (κ3) is 7.51. The fourth-order valence-corrected chi connectivity index (χ4v) is 5.27. The third-order valence-corrected chi connectivity index (χ3v) is 7.92. The minimum Gasteiger partial charge on any atom is -0.493 e. The lowest BCUT2D eigenvalue weighted by molar-refractivity contribution is -0.113. The Morgan fingerprint density at radius 2 is 1.67 bits per heavy atom. The topological polar surface area (TPSA) is 121 Å². The highest BCUT2D eigenvalue weighted by Gasteiger charge is 2.20. The Bertz CT molecular complexity index is 2080. The molecule has 0 atom stereocenters. The van der Waals surface area contributed by atoms with Gasteiger partial charge in [-0.3, -0.25) is 9.59 Å². The lowest BCUT2D eigenvalue weighted by Crippen LogP contribution is -2.14. The van der Waals surface area contributed by atoms with E-state index < -0.39 is 0 Å². The van der Waals surface area contributed by atoms with Crippen LogP contribution >= 0.6 is 11.8 Å². The molecule has 0 aliphatic rings. The van der Waals surface area contributed by atoms with Crippen molar-refractivity contribution in [3.8, 4) is 39.9 Å². The number of methoxy groups -OCH3 is 2. The van der Waals surface area contributed by atoms with Crippen LogP contribution in [0.4, 0.5) is 10.1 Å². The van der Waals surface area contributed by atoms with Crippen molar-refractivity contribution in [2.75, 3.05) is 25.3 Å². The highest BCUT2D eigenvalue weighted by Crippen LogP contribution is 2.33. The number of ketones is 1. The highest BCUT2D eigenvalue weighted by molar-refractivity contribution is 7.99. The summed E-state index contributed by atoms with van der Waals surface area (Å²) in [6, 6.07) is 27.5. The van der Waals surface area contributed by atoms with Gasteiger partial charge in [0, 0.05) is 23.0 Å². The normalized spacial score (nSPS) is 11.1. The molecular weight excluding hydrogens is 633 g/mol. The van der Waals surface area contributed by atoms with Crippen LogP contribution in [0, 0.1) is 5.82 Å². The Balaban J connectivity index is 1.08. The number of nitrogens with zero attached hydrogens (tertiary/aromatic N) is 4. The predicted octanol–water partition coefficient (Wildman–Crippen LogP) is 7.37. The lowest BCUT2D eigenvalue weighted by Gasteiger charge is -2.07. The molecule has 240 valence electrons. The summed E-state index contributed by atoms with van der Waals surface area (Å²) in [6.45, 7) is 0. The molecule has 0 aliphatic heterocycles. The fraction of sp³-hybridized carbons (Fsp3) is 0.0833. The number of thioether (sulfide) groups is 1. The number of rotatable bonds is 12. The molecule has 1 amide bonds. The van der Waals surface area contributed by atoms with Gasteiger partial charge in [0.2, 0.25) is 5.91 Å². The van der Waals surface area contributed by atoms with Crippen LogP contribution in [-0.4, -0.2) is 51.6 Å². The number of hydrogen-bond donors (Lipinski definition) is 1. The molecule has 48 heavy (non-hydrogen) atoms. The summed E-state index contributed by atoms with van der Waals surface area (Å²) in [5.41, 5.74) is 4.37. The molecule has 0 spiro atoms. The summed E-state index contributed by atoms with van der Waals surface area (Å²) in [6.07, 6.45) is 4.93. The number of benzene rings is 4. The number of hydrogen-bond acceptors (Lipinski definition) is 9. The Hall–Kier alpha value is -6.01. The number of nitrogens with one attached hydrogen (secondary N) is 1. The molecule has 0 radical (unpaired) electrons. The quantitative estimate of drug-likeness (QED) is 0.0814. The number of anilines is 1. The van der Waals surface area contributed by atoms with Gasteiger partial charge < -0.3 is 19.2 Å². The zero-order valence-electron chi connectivity index (χ0n) is 25.8. The standard InChI is InChI=1S/C36H28FN5O5S/c1-45-31-19-9-23(20-32(31)46-2)8-18-30(43)24-12-16-27(17-13-24)38-33(44)22-48-36-40-39-35(47-36)29-21-42(28-6-4-3-5-7-28)41-34(29)25-10-14-26(37)15-11-25/h3-21H,22H2,1-2H3,(H,38,44)/b18-8+. The lowest BCUT2D eigenvalue weighted by atomic mass is 10.1. The second kappa shape index (κ2) is 14.6. The number of amides is 1. The van der Waals surface area contributed by atoms with Crippen LogP contribution in [-0.2, 0) is 4.79 Å². The number of carbonyl (C=O) groups is 2. The van der Waals surface area contributed by atoms with Gasteiger partial charge in [-0.15, -0.1) is 10.2 Å². The van der Waals surface area contributed by atoms with Crippen molar-refractivity contribution in [2.45, 2.75) is 5.22 Å². The summed E-state index contributed by atoms with van der Waals surface area (Å²) in [4.78, 5) is 25.4. The van der Waals surface area contributed by atoms with Crippen LogP contribution in [0.15, 0.2) is 119 Å². The molecule has 0 saturated heterocycles. The van der Waals surface area contributed by atoms with E-state index in [1.165, 1.54) is 18.2 Å². The molecule has 2 aromatic heterocycles. The number of ether oxygens (including phenoxy) is 2. The van der Waals surface area contributed by atoms with Gasteiger partial charge in [0.15, 0.2) is 17.3 Å². The summed E-state index contributed by atoms with van der Waals surface area (Å²) in [5, 5.41) is 16.0. The third-order valence-electron chi connectivity index (χ3n) is 7.10. The van der Waals surface area contributed by atoms with Crippen LogP contribution < -0.4 is 14.8 Å². The smallest absolute Gasteiger partial charge is 0.277 e. The van der Waals surface area contributed by atoms with E-state index in [2.05, 4.69) is 15.5 Å². The van der Waals surface area contributed by atoms with Crippen molar-refractivity contribution in [2.24, 2.45) is 0 Å². The SMILES string of the molecule is COc1ccc(/C=C/C(=O)c2ccc(NC(=O)CSc3nnc(-c4cn(-c5ccccc5)nc4-c4ccc(F)cc4)o3)cc2)cc1OC. The minimum absolute atomic E-state index is 0.00444. The van der Waals surface area contributed by atoms with Crippen molar-refractivity contribution in [1.82, 2.24) is 20.0 Å². The van der Waals surface area contributed by atoms with Crippen molar-refractivity contribution < 1.29 is 27.9 Å². The van der Waals surface area contributed by atoms with Crippen molar-refractivity contribution in [3.63, 3.8) is 0 Å². The van der Waals surface area contributed by atoms with Gasteiger partial charge in [0.25, 0.3) is 11.1 Å². The number of carbonyl (C=O) groups excluding carboxylic acids is 2. The molecule has 1 N–H and O–H groups in total. The first kappa shape index (κ1) is 32.0. The maximum atomic E-state index is 13.6. The van der Waals surface area contributed by atoms with Crippen LogP contribution in [0.1, 0.15) is 15.9 Å². The molecule has 0 unspecified atom stereocenters. The van der Waals surface area contributed by atoms with Gasteiger partial charge in [-0.25, -0.2) is 9.07 Å². The average Bonchev–Trinajstić information content (AvgIpc) is 3.78. The Morgan fingerprint density at radius 3 is 2.40 bits per heavy atom. The molecule has 4 aromatic carbocycles. The predicted molar refractivity (Wildman–Crippen MR) is 181 cm³/mol. The number of para-hydroxylation sites is 1. The van der Waals surface area contributed by atoms with Gasteiger partial charge in [-0.1, -0.05) is 42.1 Å². The summed E-state index contributed by atoms with van der Waals surface area (Å²) < 4.78 is 31.8. The van der Waals surface area contributed by atoms with Crippen molar-refractivity contribution in [1.29, 1.82) is 0 Å². The zero-order chi connectivity index (χ0) is 33.5. The fourth-order valence-electron chi connectivity index (χ4n) is 4.71. The molecule has 6 rings (SSSR count). The molecule has 0 aliphatic carbocycles. The summed E-state index contributed by atoms with van der Waals surface area (Å²) >= 11 is 1.08. The maximum Gasteiger partial charge on any atom is 0.277 e. The van der Waals surface area contributed by atoms with Gasteiger partial charge in [0.1, 0.15) is 11.5 Å². The average molecular weight is 662 g/mol. The monoisotopic (exact) mass is 661 g/mol. The van der Waals surface area contributed by atoms with E-state index in [-0.39, 0.29) is 34.4 Å². The largest absolute Gasteiger partial charge is 0.493 e. The molecule has 0 fully saturated rings. The second-order valence-electron chi connectivity index (χ2n) is 10.3. The van der Waals surface area contributed by atoms with E-state index >= 15 is 0 Å². The van der Waals surface area contributed by atoms with Crippen LogP contribution in [0.5, 0.6) is 11.5 Å². The molecule has 10 nitrogen and oxygen atoms in total. The van der Waals surface area contributed by atoms with E-state index in [1.807, 2.05) is 36.4 Å². The Morgan fingerprint density at radius 1 is 0.917 bits per heavy atom. The molecule has 12 heteroatoms. The van der Waals surface area contributed by atoms with Crippen molar-refractivity contribution in [3.05, 3.63) is 126 Å². The first-order valence-corrected chi connectivity index (χ1v) is 15.6. The van der Waals surface area contributed by atoms with Crippen LogP contribution in [0.2, 0.25) is 0 Å².